The molecule has 0 saturated carbocycles. The van der Waals surface area contributed by atoms with Gasteiger partial charge in [-0.2, -0.15) is 0 Å². The predicted molar refractivity (Wildman–Crippen MR) is 79.7 cm³/mol. The molecule has 0 spiro atoms. The van der Waals surface area contributed by atoms with Gasteiger partial charge >= 0.3 is 0 Å². The van der Waals surface area contributed by atoms with Crippen LogP contribution in [-0.4, -0.2) is 48.8 Å². The van der Waals surface area contributed by atoms with E-state index in [9.17, 15) is 13.2 Å². The van der Waals surface area contributed by atoms with Crippen LogP contribution in [0.3, 0.4) is 0 Å². The molecule has 0 N–H and O–H groups in total. The molecule has 1 aliphatic rings. The molecule has 1 aromatic rings. The summed E-state index contributed by atoms with van der Waals surface area (Å²) < 4.78 is 22.9. The Morgan fingerprint density at radius 1 is 1.45 bits per heavy atom. The average molecular weight is 316 g/mol. The first-order valence-electron chi connectivity index (χ1n) is 6.67. The molecule has 1 aliphatic heterocycles. The third-order valence-corrected chi connectivity index (χ3v) is 6.60. The molecule has 1 aromatic heterocycles. The third-order valence-electron chi connectivity index (χ3n) is 3.72. The Morgan fingerprint density at radius 2 is 2.15 bits per heavy atom. The Labute approximate surface area is 123 Å². The minimum atomic E-state index is -2.95. The zero-order valence-corrected chi connectivity index (χ0v) is 13.7. The SMILES string of the molecule is Cc1nc(C)c(CCC(=O)N(C)C2CCS(=O)(=O)C2)s1. The van der Waals surface area contributed by atoms with Gasteiger partial charge < -0.3 is 4.90 Å². The van der Waals surface area contributed by atoms with E-state index in [4.69, 9.17) is 0 Å². The van der Waals surface area contributed by atoms with Crippen molar-refractivity contribution < 1.29 is 13.2 Å². The number of carbonyl (C=O) groups is 1. The van der Waals surface area contributed by atoms with Crippen LogP contribution in [0.2, 0.25) is 0 Å². The number of nitrogens with zero attached hydrogens (tertiary/aromatic N) is 2. The topological polar surface area (TPSA) is 67.3 Å². The van der Waals surface area contributed by atoms with Crippen molar-refractivity contribution in [3.63, 3.8) is 0 Å². The van der Waals surface area contributed by atoms with Crippen LogP contribution in [0.5, 0.6) is 0 Å². The third kappa shape index (κ3) is 3.58. The average Bonchev–Trinajstić information content (AvgIpc) is 2.87. The van der Waals surface area contributed by atoms with Crippen molar-refractivity contribution >= 4 is 27.1 Å². The first kappa shape index (κ1) is 15.4. The van der Waals surface area contributed by atoms with Gasteiger partial charge in [-0.25, -0.2) is 13.4 Å². The Balaban J connectivity index is 1.90. The quantitative estimate of drug-likeness (QED) is 0.840. The van der Waals surface area contributed by atoms with Gasteiger partial charge in [-0.05, 0) is 26.7 Å². The molecule has 1 saturated heterocycles. The Hall–Kier alpha value is -0.950. The van der Waals surface area contributed by atoms with E-state index in [2.05, 4.69) is 4.98 Å². The van der Waals surface area contributed by atoms with Crippen molar-refractivity contribution in [1.82, 2.24) is 9.88 Å². The fraction of sp³-hybridized carbons (Fsp3) is 0.692. The predicted octanol–water partition coefficient (Wildman–Crippen LogP) is 1.34. The van der Waals surface area contributed by atoms with E-state index in [0.29, 0.717) is 19.3 Å². The molecule has 0 radical (unpaired) electrons. The van der Waals surface area contributed by atoms with E-state index in [-0.39, 0.29) is 23.5 Å². The van der Waals surface area contributed by atoms with Gasteiger partial charge in [0.25, 0.3) is 0 Å². The maximum absolute atomic E-state index is 12.1. The van der Waals surface area contributed by atoms with Gasteiger partial charge in [0.05, 0.1) is 22.2 Å². The lowest BCUT2D eigenvalue weighted by Gasteiger charge is -2.23. The van der Waals surface area contributed by atoms with E-state index < -0.39 is 9.84 Å². The molecule has 0 bridgehead atoms. The summed E-state index contributed by atoms with van der Waals surface area (Å²) in [6, 6.07) is -0.156. The summed E-state index contributed by atoms with van der Waals surface area (Å²) in [6.07, 6.45) is 1.65. The largest absolute Gasteiger partial charge is 0.342 e. The van der Waals surface area contributed by atoms with E-state index in [0.717, 1.165) is 15.6 Å². The van der Waals surface area contributed by atoms with Gasteiger partial charge in [0.2, 0.25) is 5.91 Å². The van der Waals surface area contributed by atoms with Gasteiger partial charge in [0, 0.05) is 24.4 Å². The number of aryl methyl sites for hydroxylation is 3. The molecule has 0 aromatic carbocycles. The van der Waals surface area contributed by atoms with Crippen LogP contribution < -0.4 is 0 Å². The maximum Gasteiger partial charge on any atom is 0.222 e. The fourth-order valence-corrected chi connectivity index (χ4v) is 5.20. The molecule has 0 aliphatic carbocycles. The number of rotatable bonds is 4. The summed E-state index contributed by atoms with van der Waals surface area (Å²) >= 11 is 1.62. The molecule has 7 heteroatoms. The van der Waals surface area contributed by atoms with Crippen molar-refractivity contribution in [1.29, 1.82) is 0 Å². The van der Waals surface area contributed by atoms with Gasteiger partial charge in [-0.3, -0.25) is 4.79 Å². The van der Waals surface area contributed by atoms with Crippen molar-refractivity contribution in [2.24, 2.45) is 0 Å². The number of thiazole rings is 1. The van der Waals surface area contributed by atoms with Crippen LogP contribution in [0.25, 0.3) is 0 Å². The summed E-state index contributed by atoms with van der Waals surface area (Å²) in [5.41, 5.74) is 0.992. The smallest absolute Gasteiger partial charge is 0.222 e. The second-order valence-corrected chi connectivity index (χ2v) is 8.82. The first-order valence-corrected chi connectivity index (χ1v) is 9.31. The molecule has 20 heavy (non-hydrogen) atoms. The number of aromatic nitrogens is 1. The van der Waals surface area contributed by atoms with Gasteiger partial charge in [0.1, 0.15) is 0 Å². The highest BCUT2D eigenvalue weighted by molar-refractivity contribution is 7.91. The highest BCUT2D eigenvalue weighted by atomic mass is 32.2. The number of amides is 1. The van der Waals surface area contributed by atoms with Crippen molar-refractivity contribution in [3.8, 4) is 0 Å². The fourth-order valence-electron chi connectivity index (χ4n) is 2.49. The van der Waals surface area contributed by atoms with Crippen molar-refractivity contribution in [2.45, 2.75) is 39.2 Å². The highest BCUT2D eigenvalue weighted by Crippen LogP contribution is 2.21. The summed E-state index contributed by atoms with van der Waals surface area (Å²) in [7, 11) is -1.24. The second-order valence-electron chi connectivity index (χ2n) is 5.30. The van der Waals surface area contributed by atoms with E-state index in [1.165, 1.54) is 0 Å². The number of sulfone groups is 1. The van der Waals surface area contributed by atoms with Crippen molar-refractivity contribution in [2.75, 3.05) is 18.6 Å². The normalized spacial score (nSPS) is 21.1. The zero-order valence-electron chi connectivity index (χ0n) is 12.0. The number of carbonyl (C=O) groups excluding carboxylic acids is 1. The van der Waals surface area contributed by atoms with Gasteiger partial charge in [-0.1, -0.05) is 0 Å². The molecule has 1 unspecified atom stereocenters. The van der Waals surface area contributed by atoms with Gasteiger partial charge in [0.15, 0.2) is 9.84 Å². The minimum Gasteiger partial charge on any atom is -0.342 e. The molecule has 2 heterocycles. The lowest BCUT2D eigenvalue weighted by atomic mass is 10.2. The standard InChI is InChI=1S/C13H20N2O3S2/c1-9-12(19-10(2)14-9)4-5-13(16)15(3)11-6-7-20(17,18)8-11/h11H,4-8H2,1-3H3. The van der Waals surface area contributed by atoms with Crippen LogP contribution in [-0.2, 0) is 21.1 Å². The van der Waals surface area contributed by atoms with Gasteiger partial charge in [-0.15, -0.1) is 11.3 Å². The minimum absolute atomic E-state index is 0.0116. The van der Waals surface area contributed by atoms with E-state index >= 15 is 0 Å². The van der Waals surface area contributed by atoms with E-state index in [1.807, 2.05) is 13.8 Å². The first-order chi connectivity index (χ1) is 9.28. The molecule has 1 atom stereocenters. The number of hydrogen-bond acceptors (Lipinski definition) is 5. The lowest BCUT2D eigenvalue weighted by molar-refractivity contribution is -0.131. The lowest BCUT2D eigenvalue weighted by Crippen LogP contribution is -2.37. The molecule has 112 valence electrons. The number of hydrogen-bond donors (Lipinski definition) is 0. The Morgan fingerprint density at radius 3 is 2.65 bits per heavy atom. The monoisotopic (exact) mass is 316 g/mol. The molecule has 1 amide bonds. The summed E-state index contributed by atoms with van der Waals surface area (Å²) in [5.74, 6) is 0.314. The summed E-state index contributed by atoms with van der Waals surface area (Å²) in [4.78, 5) is 19.2. The summed E-state index contributed by atoms with van der Waals surface area (Å²) in [6.45, 7) is 3.91. The van der Waals surface area contributed by atoms with Crippen LogP contribution >= 0.6 is 11.3 Å². The zero-order chi connectivity index (χ0) is 14.9. The van der Waals surface area contributed by atoms with Crippen LogP contribution in [0.15, 0.2) is 0 Å². The molecule has 1 fully saturated rings. The second kappa shape index (κ2) is 5.81. The van der Waals surface area contributed by atoms with Crippen LogP contribution in [0.4, 0.5) is 0 Å². The Bertz CT molecular complexity index is 607. The molecule has 5 nitrogen and oxygen atoms in total. The summed E-state index contributed by atoms with van der Waals surface area (Å²) in [5, 5.41) is 1.01. The maximum atomic E-state index is 12.1. The van der Waals surface area contributed by atoms with Crippen LogP contribution in [0, 0.1) is 13.8 Å². The Kier molecular flexibility index (Phi) is 4.49. The van der Waals surface area contributed by atoms with Crippen LogP contribution in [0.1, 0.15) is 28.4 Å². The van der Waals surface area contributed by atoms with E-state index in [1.54, 1.807) is 23.3 Å². The molecular weight excluding hydrogens is 296 g/mol. The molecule has 2 rings (SSSR count). The van der Waals surface area contributed by atoms with Crippen molar-refractivity contribution in [3.05, 3.63) is 15.6 Å². The molecular formula is C13H20N2O3S2. The highest BCUT2D eigenvalue weighted by Gasteiger charge is 2.32.